The van der Waals surface area contributed by atoms with E-state index >= 15 is 0 Å². The van der Waals surface area contributed by atoms with Gasteiger partial charge in [-0.25, -0.2) is 4.98 Å². The fourth-order valence-corrected chi connectivity index (χ4v) is 3.30. The van der Waals surface area contributed by atoms with Gasteiger partial charge in [0.2, 0.25) is 5.95 Å². The molecule has 26 heavy (non-hydrogen) atoms. The molecule has 0 saturated carbocycles. The van der Waals surface area contributed by atoms with Crippen molar-refractivity contribution in [3.05, 3.63) is 56.9 Å². The SMILES string of the molecule is O=C(COCCO)c1cc2cncn2c(F)c1Nc1ccc(I)cc1Cl. The number of carbonyl (C=O) groups is 1. The highest BCUT2D eigenvalue weighted by Gasteiger charge is 2.20. The van der Waals surface area contributed by atoms with Crippen LogP contribution >= 0.6 is 34.2 Å². The minimum Gasteiger partial charge on any atom is -0.394 e. The van der Waals surface area contributed by atoms with E-state index in [1.54, 1.807) is 12.1 Å². The number of nitrogens with zero attached hydrogens (tertiary/aromatic N) is 2. The number of hydrogen-bond acceptors (Lipinski definition) is 5. The summed E-state index contributed by atoms with van der Waals surface area (Å²) in [6.45, 7) is -0.457. The third kappa shape index (κ3) is 3.98. The predicted octanol–water partition coefficient (Wildman–Crippen LogP) is 3.67. The summed E-state index contributed by atoms with van der Waals surface area (Å²) in [6, 6.07) is 6.78. The average Bonchev–Trinajstić information content (AvgIpc) is 3.08. The van der Waals surface area contributed by atoms with Crippen LogP contribution in [-0.2, 0) is 4.74 Å². The van der Waals surface area contributed by atoms with Gasteiger partial charge in [0.1, 0.15) is 18.6 Å². The summed E-state index contributed by atoms with van der Waals surface area (Å²) in [7, 11) is 0. The molecule has 0 aliphatic heterocycles. The number of aliphatic hydroxyl groups excluding tert-OH is 1. The second-order valence-corrected chi connectivity index (χ2v) is 7.01. The minimum absolute atomic E-state index is 0.0174. The standard InChI is InChI=1S/C17H14ClFIN3O3/c18-13-5-10(20)1-2-14(13)22-16-12(15(25)8-26-4-3-24)6-11-7-21-9-23(11)17(16)19/h1-2,5-7,9,22,24H,3-4,8H2. The number of ketones is 1. The highest BCUT2D eigenvalue weighted by molar-refractivity contribution is 14.1. The van der Waals surface area contributed by atoms with Crippen LogP contribution in [0.1, 0.15) is 10.4 Å². The van der Waals surface area contributed by atoms with Gasteiger partial charge in [0.05, 0.1) is 41.2 Å². The number of benzene rings is 1. The molecule has 136 valence electrons. The molecule has 6 nitrogen and oxygen atoms in total. The summed E-state index contributed by atoms with van der Waals surface area (Å²) < 4.78 is 22.2. The Morgan fingerprint density at radius 2 is 2.23 bits per heavy atom. The van der Waals surface area contributed by atoms with E-state index in [2.05, 4.69) is 32.9 Å². The Labute approximate surface area is 167 Å². The monoisotopic (exact) mass is 489 g/mol. The first-order valence-corrected chi connectivity index (χ1v) is 9.05. The highest BCUT2D eigenvalue weighted by atomic mass is 127. The van der Waals surface area contributed by atoms with E-state index in [4.69, 9.17) is 21.4 Å². The van der Waals surface area contributed by atoms with E-state index in [9.17, 15) is 9.18 Å². The van der Waals surface area contributed by atoms with Gasteiger partial charge in [-0.15, -0.1) is 0 Å². The third-order valence-corrected chi connectivity index (χ3v) is 4.59. The Bertz CT molecular complexity index is 964. The number of carbonyl (C=O) groups excluding carboxylic acids is 1. The first-order chi connectivity index (χ1) is 12.5. The van der Waals surface area contributed by atoms with Gasteiger partial charge in [-0.3, -0.25) is 9.20 Å². The molecule has 0 bridgehead atoms. The minimum atomic E-state index is -0.667. The van der Waals surface area contributed by atoms with Crippen LogP contribution in [0.4, 0.5) is 15.8 Å². The van der Waals surface area contributed by atoms with Crippen molar-refractivity contribution >= 4 is 56.9 Å². The van der Waals surface area contributed by atoms with Gasteiger partial charge in [0.15, 0.2) is 5.78 Å². The van der Waals surface area contributed by atoms with Gasteiger partial charge in [0.25, 0.3) is 0 Å². The molecule has 0 aliphatic rings. The lowest BCUT2D eigenvalue weighted by Gasteiger charge is -2.15. The van der Waals surface area contributed by atoms with Crippen LogP contribution in [-0.4, -0.2) is 40.1 Å². The maximum absolute atomic E-state index is 15.0. The molecule has 0 saturated heterocycles. The van der Waals surface area contributed by atoms with Crippen LogP contribution in [0, 0.1) is 9.52 Å². The maximum atomic E-state index is 15.0. The van der Waals surface area contributed by atoms with Crippen LogP contribution < -0.4 is 5.32 Å². The third-order valence-electron chi connectivity index (χ3n) is 3.61. The number of anilines is 2. The van der Waals surface area contributed by atoms with E-state index in [-0.39, 0.29) is 31.1 Å². The molecule has 0 atom stereocenters. The van der Waals surface area contributed by atoms with Crippen LogP contribution in [0.15, 0.2) is 36.8 Å². The van der Waals surface area contributed by atoms with Crippen molar-refractivity contribution in [3.8, 4) is 0 Å². The van der Waals surface area contributed by atoms with E-state index in [1.165, 1.54) is 23.0 Å². The number of Topliss-reactive ketones (excluding diaryl/α,β-unsaturated/α-hetero) is 1. The molecule has 3 aromatic rings. The topological polar surface area (TPSA) is 75.9 Å². The zero-order chi connectivity index (χ0) is 18.7. The summed E-state index contributed by atoms with van der Waals surface area (Å²) in [6.07, 6.45) is 2.78. The maximum Gasteiger partial charge on any atom is 0.223 e. The molecule has 1 aromatic carbocycles. The normalized spacial score (nSPS) is 11.1. The summed E-state index contributed by atoms with van der Waals surface area (Å²) >= 11 is 8.33. The Balaban J connectivity index is 2.04. The first-order valence-electron chi connectivity index (χ1n) is 7.59. The van der Waals surface area contributed by atoms with Gasteiger partial charge in [0, 0.05) is 3.57 Å². The Morgan fingerprint density at radius 1 is 1.42 bits per heavy atom. The van der Waals surface area contributed by atoms with E-state index in [1.807, 2.05) is 6.07 Å². The van der Waals surface area contributed by atoms with Crippen molar-refractivity contribution in [1.82, 2.24) is 9.38 Å². The van der Waals surface area contributed by atoms with Crippen molar-refractivity contribution in [2.24, 2.45) is 0 Å². The molecule has 0 spiro atoms. The van der Waals surface area contributed by atoms with E-state index in [0.717, 1.165) is 3.57 Å². The number of halogens is 3. The van der Waals surface area contributed by atoms with Crippen molar-refractivity contribution < 1.29 is 19.0 Å². The van der Waals surface area contributed by atoms with Crippen LogP contribution in [0.25, 0.3) is 5.52 Å². The van der Waals surface area contributed by atoms with Crippen LogP contribution in [0.3, 0.4) is 0 Å². The molecule has 0 fully saturated rings. The van der Waals surface area contributed by atoms with Crippen molar-refractivity contribution in [2.75, 3.05) is 25.1 Å². The smallest absolute Gasteiger partial charge is 0.223 e. The van der Waals surface area contributed by atoms with E-state index < -0.39 is 11.7 Å². The molecule has 0 radical (unpaired) electrons. The van der Waals surface area contributed by atoms with Gasteiger partial charge in [-0.2, -0.15) is 4.39 Å². The highest BCUT2D eigenvalue weighted by Crippen LogP contribution is 2.31. The molecule has 9 heteroatoms. The molecular weight excluding hydrogens is 476 g/mol. The number of aromatic nitrogens is 2. The lowest BCUT2D eigenvalue weighted by molar-refractivity contribution is 0.0664. The lowest BCUT2D eigenvalue weighted by atomic mass is 10.1. The second-order valence-electron chi connectivity index (χ2n) is 5.36. The van der Waals surface area contributed by atoms with Crippen LogP contribution in [0.2, 0.25) is 5.02 Å². The molecular formula is C17H14ClFIN3O3. The number of aliphatic hydroxyl groups is 1. The molecule has 2 heterocycles. The largest absolute Gasteiger partial charge is 0.394 e. The van der Waals surface area contributed by atoms with Crippen molar-refractivity contribution in [3.63, 3.8) is 0 Å². The molecule has 0 unspecified atom stereocenters. The average molecular weight is 490 g/mol. The van der Waals surface area contributed by atoms with Gasteiger partial charge >= 0.3 is 0 Å². The number of nitrogens with one attached hydrogen (secondary N) is 1. The number of hydrogen-bond donors (Lipinski definition) is 2. The quantitative estimate of drug-likeness (QED) is 0.229. The molecule has 0 aliphatic carbocycles. The van der Waals surface area contributed by atoms with Crippen LogP contribution in [0.5, 0.6) is 0 Å². The van der Waals surface area contributed by atoms with Crippen molar-refractivity contribution in [2.45, 2.75) is 0 Å². The zero-order valence-electron chi connectivity index (χ0n) is 13.4. The number of pyridine rings is 1. The molecule has 0 amide bonds. The predicted molar refractivity (Wildman–Crippen MR) is 105 cm³/mol. The Hall–Kier alpha value is -1.75. The first kappa shape index (κ1) is 19.0. The van der Waals surface area contributed by atoms with Gasteiger partial charge in [-0.1, -0.05) is 11.6 Å². The summed E-state index contributed by atoms with van der Waals surface area (Å²) in [4.78, 5) is 16.4. The summed E-state index contributed by atoms with van der Waals surface area (Å²) in [5.41, 5.74) is 1.00. The lowest BCUT2D eigenvalue weighted by Crippen LogP contribution is -2.15. The van der Waals surface area contributed by atoms with Gasteiger partial charge < -0.3 is 15.2 Å². The van der Waals surface area contributed by atoms with Crippen molar-refractivity contribution in [1.29, 1.82) is 0 Å². The fraction of sp³-hybridized carbons (Fsp3) is 0.176. The molecule has 2 N–H and O–H groups in total. The molecule has 3 rings (SSSR count). The number of rotatable bonds is 7. The number of ether oxygens (including phenoxy) is 1. The number of imidazole rings is 1. The Kier molecular flexibility index (Phi) is 6.07. The summed E-state index contributed by atoms with van der Waals surface area (Å²) in [5, 5.41) is 12.1. The van der Waals surface area contributed by atoms with Gasteiger partial charge in [-0.05, 0) is 46.9 Å². The Morgan fingerprint density at radius 3 is 2.96 bits per heavy atom. The summed E-state index contributed by atoms with van der Waals surface area (Å²) in [5.74, 6) is -1.09. The number of fused-ring (bicyclic) bond motifs is 1. The fourth-order valence-electron chi connectivity index (χ4n) is 2.40. The second kappa shape index (κ2) is 8.30. The molecule has 2 aromatic heterocycles. The zero-order valence-corrected chi connectivity index (χ0v) is 16.3. The van der Waals surface area contributed by atoms with E-state index in [0.29, 0.717) is 16.2 Å².